The van der Waals surface area contributed by atoms with Crippen molar-refractivity contribution in [3.05, 3.63) is 254 Å². The Kier molecular flexibility index (Phi) is 10.1. The number of rotatable bonds is 7. The fourth-order valence-corrected chi connectivity index (χ4v) is 13.6. The molecule has 0 aromatic heterocycles. The Morgan fingerprint density at radius 3 is 1.75 bits per heavy atom. The van der Waals surface area contributed by atoms with Crippen LogP contribution in [0.25, 0.3) is 65.7 Å². The lowest BCUT2D eigenvalue weighted by molar-refractivity contribution is 0.333. The summed E-state index contributed by atoms with van der Waals surface area (Å²) >= 11 is 0. The minimum absolute atomic E-state index is 0.0396. The van der Waals surface area contributed by atoms with Gasteiger partial charge in [0.2, 0.25) is 6.71 Å². The average molecular weight is 923 g/mol. The molecular weight excluding hydrogens is 868 g/mol. The van der Waals surface area contributed by atoms with Gasteiger partial charge >= 0.3 is 0 Å². The van der Waals surface area contributed by atoms with Crippen LogP contribution in [0.5, 0.6) is 0 Å². The summed E-state index contributed by atoms with van der Waals surface area (Å²) in [6.45, 7) is 5.13. The summed E-state index contributed by atoms with van der Waals surface area (Å²) < 4.78 is 0. The molecule has 2 heterocycles. The maximum absolute atomic E-state index is 2.80. The van der Waals surface area contributed by atoms with Crippen LogP contribution in [-0.4, -0.2) is 12.8 Å². The first kappa shape index (κ1) is 42.7. The highest BCUT2D eigenvalue weighted by molar-refractivity contribution is 6.91. The van der Waals surface area contributed by atoms with Crippen LogP contribution in [0.3, 0.4) is 0 Å². The maximum atomic E-state index is 2.80. The van der Waals surface area contributed by atoms with Crippen molar-refractivity contribution in [1.29, 1.82) is 0 Å². The third-order valence-electron chi connectivity index (χ3n) is 17.0. The van der Waals surface area contributed by atoms with E-state index in [-0.39, 0.29) is 18.2 Å². The summed E-state index contributed by atoms with van der Waals surface area (Å²) in [5.74, 6) is 0.713. The molecule has 4 aliphatic rings. The lowest BCUT2D eigenvalue weighted by atomic mass is 9.27. The van der Waals surface area contributed by atoms with E-state index in [1.165, 1.54) is 111 Å². The highest BCUT2D eigenvalue weighted by Crippen LogP contribution is 2.54. The van der Waals surface area contributed by atoms with Gasteiger partial charge in [0.05, 0.1) is 0 Å². The summed E-state index contributed by atoms with van der Waals surface area (Å²) in [6, 6.07) is 80.0. The number of nitrogens with zero attached hydrogens (tertiary/aromatic N) is 2. The molecule has 0 bridgehead atoms. The second kappa shape index (κ2) is 17.0. The molecule has 2 aliphatic carbocycles. The predicted octanol–water partition coefficient (Wildman–Crippen LogP) is 16.9. The maximum Gasteiger partial charge on any atom is 0.223 e. The summed E-state index contributed by atoms with van der Waals surface area (Å²) in [5, 5.41) is 7.57. The van der Waals surface area contributed by atoms with Gasteiger partial charge in [-0.3, -0.25) is 0 Å². The van der Waals surface area contributed by atoms with Crippen LogP contribution in [0.2, 0.25) is 5.82 Å². The molecule has 3 heteroatoms. The van der Waals surface area contributed by atoms with Crippen molar-refractivity contribution in [1.82, 2.24) is 0 Å². The molecule has 0 saturated carbocycles. The zero-order valence-electron chi connectivity index (χ0n) is 40.9. The first-order valence-corrected chi connectivity index (χ1v) is 26.0. The first-order chi connectivity index (χ1) is 35.5. The van der Waals surface area contributed by atoms with Gasteiger partial charge in [0.15, 0.2) is 0 Å². The van der Waals surface area contributed by atoms with Crippen molar-refractivity contribution in [2.24, 2.45) is 5.92 Å². The van der Waals surface area contributed by atoms with Crippen LogP contribution in [0.15, 0.2) is 248 Å². The van der Waals surface area contributed by atoms with E-state index in [2.05, 4.69) is 266 Å². The fourth-order valence-electron chi connectivity index (χ4n) is 13.6. The van der Waals surface area contributed by atoms with Crippen LogP contribution in [0.4, 0.5) is 22.7 Å². The van der Waals surface area contributed by atoms with Crippen molar-refractivity contribution >= 4 is 72.7 Å². The van der Waals surface area contributed by atoms with E-state index in [1.54, 1.807) is 0 Å². The van der Waals surface area contributed by atoms with Gasteiger partial charge < -0.3 is 9.80 Å². The lowest BCUT2D eigenvalue weighted by Gasteiger charge is -2.54. The van der Waals surface area contributed by atoms with Gasteiger partial charge in [-0.05, 0) is 150 Å². The molecule has 0 spiro atoms. The van der Waals surface area contributed by atoms with E-state index in [9.17, 15) is 0 Å². The Morgan fingerprint density at radius 1 is 0.500 bits per heavy atom. The Balaban J connectivity index is 1.05. The molecule has 10 aromatic rings. The topological polar surface area (TPSA) is 6.48 Å². The van der Waals surface area contributed by atoms with Crippen molar-refractivity contribution in [2.45, 2.75) is 50.4 Å². The molecule has 14 rings (SSSR count). The molecule has 0 saturated heterocycles. The smallest absolute Gasteiger partial charge is 0.223 e. The van der Waals surface area contributed by atoms with E-state index in [4.69, 9.17) is 0 Å². The van der Waals surface area contributed by atoms with Gasteiger partial charge in [0.25, 0.3) is 0 Å². The number of fused-ring (bicyclic) bond motifs is 7. The lowest BCUT2D eigenvalue weighted by Crippen LogP contribution is -2.63. The number of benzene rings is 10. The van der Waals surface area contributed by atoms with Gasteiger partial charge in [-0.25, -0.2) is 0 Å². The van der Waals surface area contributed by atoms with E-state index < -0.39 is 0 Å². The van der Waals surface area contributed by atoms with Crippen LogP contribution in [0.1, 0.15) is 38.7 Å². The van der Waals surface area contributed by atoms with Gasteiger partial charge in [-0.15, -0.1) is 0 Å². The molecule has 2 nitrogen and oxygen atoms in total. The molecule has 0 fully saturated rings. The SMILES string of the molecule is CC(C)(c1ccccc1)C1C=C[C@H]2C(C1)B1c3ccccc3N(c3ccccc3)c3cc(-c4c5ccccc5c(-c5ccc(-c6ccccc6)c6ccccc56)c5ccccc45)cc(c31)N2C1=CC=CCC1. The number of hydrogen-bond acceptors (Lipinski definition) is 2. The van der Waals surface area contributed by atoms with Crippen molar-refractivity contribution < 1.29 is 0 Å². The summed E-state index contributed by atoms with van der Waals surface area (Å²) in [4.78, 5) is 5.39. The minimum atomic E-state index is -0.0396. The van der Waals surface area contributed by atoms with Crippen LogP contribution < -0.4 is 20.7 Å². The first-order valence-electron chi connectivity index (χ1n) is 26.0. The number of para-hydroxylation sites is 2. The molecule has 10 aromatic carbocycles. The summed E-state index contributed by atoms with van der Waals surface area (Å²) in [5.41, 5.74) is 18.2. The minimum Gasteiger partial charge on any atom is -0.339 e. The third-order valence-corrected chi connectivity index (χ3v) is 17.0. The van der Waals surface area contributed by atoms with Crippen molar-refractivity contribution in [2.75, 3.05) is 9.80 Å². The normalized spacial score (nSPS) is 18.0. The molecule has 0 amide bonds. The second-order valence-electron chi connectivity index (χ2n) is 21.0. The largest absolute Gasteiger partial charge is 0.339 e. The van der Waals surface area contributed by atoms with E-state index in [0.29, 0.717) is 11.7 Å². The number of anilines is 4. The second-order valence-corrected chi connectivity index (χ2v) is 21.0. The zero-order chi connectivity index (χ0) is 47.9. The Labute approximate surface area is 424 Å². The molecule has 344 valence electrons. The predicted molar refractivity (Wildman–Crippen MR) is 308 cm³/mol. The van der Waals surface area contributed by atoms with Crippen molar-refractivity contribution in [3.63, 3.8) is 0 Å². The molecular formula is C69H55BN2. The third kappa shape index (κ3) is 6.63. The van der Waals surface area contributed by atoms with Crippen LogP contribution in [-0.2, 0) is 5.41 Å². The van der Waals surface area contributed by atoms with E-state index in [0.717, 1.165) is 19.3 Å². The fraction of sp³-hybridized carbons (Fsp3) is 0.130. The van der Waals surface area contributed by atoms with E-state index >= 15 is 0 Å². The van der Waals surface area contributed by atoms with E-state index in [1.807, 2.05) is 0 Å². The highest BCUT2D eigenvalue weighted by Gasteiger charge is 2.52. The quantitative estimate of drug-likeness (QED) is 0.0893. The van der Waals surface area contributed by atoms with Gasteiger partial charge in [0, 0.05) is 34.5 Å². The molecule has 2 aliphatic heterocycles. The van der Waals surface area contributed by atoms with Gasteiger partial charge in [0.1, 0.15) is 0 Å². The zero-order valence-corrected chi connectivity index (χ0v) is 40.9. The Bertz CT molecular complexity index is 3790. The van der Waals surface area contributed by atoms with Gasteiger partial charge in [-0.2, -0.15) is 0 Å². The molecule has 72 heavy (non-hydrogen) atoms. The average Bonchev–Trinajstić information content (AvgIpc) is 3.45. The standard InChI is InChI=1S/C69H55BN2/c1-69(2,48-25-9-4-10-26-48)49-39-42-63-61(45-49)70-60-37-21-22-38-62(60)71(50-27-11-5-12-28-50)64-43-47(44-65(68(64)70)72(63)51-29-13-6-14-30-51)66-55-33-17-19-35-57(55)67(58-36-20-18-34-56(58)66)59-41-40-52(46-23-7-3-8-24-46)53-31-15-16-32-54(53)59/h3-13,15-29,31-44,49,61,63H,14,30,45H2,1-2H3/t49?,61?,63-/m0/s1. The number of hydrogen-bond donors (Lipinski definition) is 0. The monoisotopic (exact) mass is 922 g/mol. The highest BCUT2D eigenvalue weighted by atomic mass is 15.2. The molecule has 0 radical (unpaired) electrons. The molecule has 0 N–H and O–H groups in total. The summed E-state index contributed by atoms with van der Waals surface area (Å²) in [7, 11) is 0. The van der Waals surface area contributed by atoms with Crippen LogP contribution >= 0.6 is 0 Å². The number of allylic oxidation sites excluding steroid dienone is 5. The summed E-state index contributed by atoms with van der Waals surface area (Å²) in [6.07, 6.45) is 15.4. The molecule has 2 unspecified atom stereocenters. The molecule has 3 atom stereocenters. The van der Waals surface area contributed by atoms with Gasteiger partial charge in [-0.1, -0.05) is 226 Å². The Hall–Kier alpha value is -8.14. The van der Waals surface area contributed by atoms with Crippen LogP contribution in [0, 0.1) is 5.92 Å². The van der Waals surface area contributed by atoms with Crippen molar-refractivity contribution in [3.8, 4) is 33.4 Å². The Morgan fingerprint density at radius 2 is 1.07 bits per heavy atom.